The van der Waals surface area contributed by atoms with Crippen LogP contribution in [-0.2, 0) is 9.59 Å². The molecule has 0 spiro atoms. The third-order valence-corrected chi connectivity index (χ3v) is 3.81. The van der Waals surface area contributed by atoms with Crippen molar-refractivity contribution in [2.45, 2.75) is 25.7 Å². The SMILES string of the molecule is O=C(O)C1CCCC(C(=O)NCCOc2ccccc2)C1. The molecule has 2 atom stereocenters. The van der Waals surface area contributed by atoms with Gasteiger partial charge in [-0.1, -0.05) is 24.6 Å². The number of para-hydroxylation sites is 1. The zero-order valence-corrected chi connectivity index (χ0v) is 12.0. The summed E-state index contributed by atoms with van der Waals surface area (Å²) in [5, 5.41) is 11.9. The van der Waals surface area contributed by atoms with E-state index in [1.165, 1.54) is 0 Å². The number of hydrogen-bond donors (Lipinski definition) is 2. The smallest absolute Gasteiger partial charge is 0.306 e. The molecule has 5 heteroatoms. The summed E-state index contributed by atoms with van der Waals surface area (Å²) in [5.74, 6) is -0.639. The fourth-order valence-corrected chi connectivity index (χ4v) is 2.66. The molecule has 1 aliphatic carbocycles. The Morgan fingerprint density at radius 3 is 2.62 bits per heavy atom. The van der Waals surface area contributed by atoms with Crippen LogP contribution >= 0.6 is 0 Å². The molecule has 1 aliphatic rings. The molecule has 1 fully saturated rings. The molecule has 114 valence electrons. The van der Waals surface area contributed by atoms with E-state index in [-0.39, 0.29) is 17.7 Å². The Kier molecular flexibility index (Phi) is 5.60. The molecule has 1 aromatic rings. The van der Waals surface area contributed by atoms with Crippen molar-refractivity contribution in [1.29, 1.82) is 0 Å². The van der Waals surface area contributed by atoms with E-state index in [1.54, 1.807) is 0 Å². The maximum atomic E-state index is 12.0. The van der Waals surface area contributed by atoms with Crippen LogP contribution in [0.2, 0.25) is 0 Å². The Labute approximate surface area is 124 Å². The van der Waals surface area contributed by atoms with Crippen LogP contribution < -0.4 is 10.1 Å². The van der Waals surface area contributed by atoms with Crippen molar-refractivity contribution in [1.82, 2.24) is 5.32 Å². The third kappa shape index (κ3) is 4.77. The molecule has 2 unspecified atom stereocenters. The largest absolute Gasteiger partial charge is 0.492 e. The molecule has 0 aromatic heterocycles. The van der Waals surface area contributed by atoms with Gasteiger partial charge in [0.25, 0.3) is 0 Å². The predicted molar refractivity (Wildman–Crippen MR) is 78.0 cm³/mol. The fourth-order valence-electron chi connectivity index (χ4n) is 2.66. The van der Waals surface area contributed by atoms with E-state index in [9.17, 15) is 9.59 Å². The normalized spacial score (nSPS) is 21.5. The standard InChI is InChI=1S/C16H21NO4/c18-15(12-5-4-6-13(11-12)16(19)20)17-9-10-21-14-7-2-1-3-8-14/h1-3,7-8,12-13H,4-6,9-11H2,(H,17,18)(H,19,20). The first-order chi connectivity index (χ1) is 10.2. The molecule has 1 amide bonds. The van der Waals surface area contributed by atoms with Crippen molar-refractivity contribution in [3.63, 3.8) is 0 Å². The number of ether oxygens (including phenoxy) is 1. The Bertz CT molecular complexity index is 474. The second-order valence-corrected chi connectivity index (χ2v) is 5.35. The first kappa shape index (κ1) is 15.4. The third-order valence-electron chi connectivity index (χ3n) is 3.81. The second-order valence-electron chi connectivity index (χ2n) is 5.35. The number of nitrogens with one attached hydrogen (secondary N) is 1. The van der Waals surface area contributed by atoms with Crippen LogP contribution in [-0.4, -0.2) is 30.1 Å². The highest BCUT2D eigenvalue weighted by Gasteiger charge is 2.30. The van der Waals surface area contributed by atoms with Crippen LogP contribution in [0.1, 0.15) is 25.7 Å². The summed E-state index contributed by atoms with van der Waals surface area (Å²) in [7, 11) is 0. The molecular weight excluding hydrogens is 270 g/mol. The van der Waals surface area contributed by atoms with Gasteiger partial charge in [0.2, 0.25) is 5.91 Å². The highest BCUT2D eigenvalue weighted by Crippen LogP contribution is 2.29. The lowest BCUT2D eigenvalue weighted by Gasteiger charge is -2.25. The predicted octanol–water partition coefficient (Wildman–Crippen LogP) is 2.07. The molecule has 21 heavy (non-hydrogen) atoms. The van der Waals surface area contributed by atoms with Gasteiger partial charge in [0.05, 0.1) is 12.5 Å². The molecule has 2 rings (SSSR count). The number of amides is 1. The lowest BCUT2D eigenvalue weighted by atomic mass is 9.81. The van der Waals surface area contributed by atoms with Gasteiger partial charge in [-0.2, -0.15) is 0 Å². The highest BCUT2D eigenvalue weighted by molar-refractivity contribution is 5.80. The molecule has 0 radical (unpaired) electrons. The number of carboxylic acids is 1. The van der Waals surface area contributed by atoms with Gasteiger partial charge in [0.1, 0.15) is 12.4 Å². The van der Waals surface area contributed by atoms with Crippen molar-refractivity contribution >= 4 is 11.9 Å². The lowest BCUT2D eigenvalue weighted by Crippen LogP contribution is -2.37. The topological polar surface area (TPSA) is 75.6 Å². The summed E-state index contributed by atoms with van der Waals surface area (Å²) in [4.78, 5) is 23.0. The first-order valence-corrected chi connectivity index (χ1v) is 7.35. The Morgan fingerprint density at radius 1 is 1.19 bits per heavy atom. The molecule has 2 N–H and O–H groups in total. The summed E-state index contributed by atoms with van der Waals surface area (Å²) in [6.45, 7) is 0.840. The second kappa shape index (κ2) is 7.67. The van der Waals surface area contributed by atoms with Gasteiger partial charge in [-0.25, -0.2) is 0 Å². The average Bonchev–Trinajstić information content (AvgIpc) is 2.52. The number of carbonyl (C=O) groups is 2. The molecule has 1 saturated carbocycles. The maximum absolute atomic E-state index is 12.0. The zero-order valence-electron chi connectivity index (χ0n) is 12.0. The van der Waals surface area contributed by atoms with Crippen LogP contribution in [0.15, 0.2) is 30.3 Å². The van der Waals surface area contributed by atoms with Crippen molar-refractivity contribution < 1.29 is 19.4 Å². The Morgan fingerprint density at radius 2 is 1.90 bits per heavy atom. The quantitative estimate of drug-likeness (QED) is 0.787. The van der Waals surface area contributed by atoms with E-state index in [1.807, 2.05) is 30.3 Å². The Hall–Kier alpha value is -2.04. The van der Waals surface area contributed by atoms with Gasteiger partial charge in [0.15, 0.2) is 0 Å². The monoisotopic (exact) mass is 291 g/mol. The van der Waals surface area contributed by atoms with Gasteiger partial charge >= 0.3 is 5.97 Å². The van der Waals surface area contributed by atoms with Crippen LogP contribution in [0, 0.1) is 11.8 Å². The highest BCUT2D eigenvalue weighted by atomic mass is 16.5. The average molecular weight is 291 g/mol. The number of hydrogen-bond acceptors (Lipinski definition) is 3. The van der Waals surface area contributed by atoms with E-state index >= 15 is 0 Å². The summed E-state index contributed by atoms with van der Waals surface area (Å²) in [6, 6.07) is 9.42. The lowest BCUT2D eigenvalue weighted by molar-refractivity contribution is -0.144. The van der Waals surface area contributed by atoms with Crippen molar-refractivity contribution in [3.05, 3.63) is 30.3 Å². The maximum Gasteiger partial charge on any atom is 0.306 e. The zero-order chi connectivity index (χ0) is 15.1. The minimum Gasteiger partial charge on any atom is -0.492 e. The summed E-state index contributed by atoms with van der Waals surface area (Å²) in [6.07, 6.45) is 2.70. The molecule has 0 saturated heterocycles. The van der Waals surface area contributed by atoms with Crippen LogP contribution in [0.4, 0.5) is 0 Å². The first-order valence-electron chi connectivity index (χ1n) is 7.35. The van der Waals surface area contributed by atoms with E-state index in [0.29, 0.717) is 26.0 Å². The summed E-state index contributed by atoms with van der Waals surface area (Å²) in [5.41, 5.74) is 0. The van der Waals surface area contributed by atoms with Crippen molar-refractivity contribution in [3.8, 4) is 5.75 Å². The number of benzene rings is 1. The number of rotatable bonds is 6. The van der Waals surface area contributed by atoms with Crippen molar-refractivity contribution in [2.24, 2.45) is 11.8 Å². The molecular formula is C16H21NO4. The van der Waals surface area contributed by atoms with Gasteiger partial charge in [-0.15, -0.1) is 0 Å². The van der Waals surface area contributed by atoms with Gasteiger partial charge < -0.3 is 15.2 Å². The summed E-state index contributed by atoms with van der Waals surface area (Å²) >= 11 is 0. The van der Waals surface area contributed by atoms with E-state index in [0.717, 1.165) is 18.6 Å². The molecule has 1 aromatic carbocycles. The number of aliphatic carboxylic acids is 1. The summed E-state index contributed by atoms with van der Waals surface area (Å²) < 4.78 is 5.49. The molecule has 0 aliphatic heterocycles. The van der Waals surface area contributed by atoms with E-state index < -0.39 is 5.97 Å². The molecule has 0 bridgehead atoms. The van der Waals surface area contributed by atoms with Crippen LogP contribution in [0.5, 0.6) is 5.75 Å². The number of carbonyl (C=O) groups excluding carboxylic acids is 1. The van der Waals surface area contributed by atoms with E-state index in [2.05, 4.69) is 5.32 Å². The van der Waals surface area contributed by atoms with Crippen LogP contribution in [0.3, 0.4) is 0 Å². The minimum atomic E-state index is -0.792. The number of carboxylic acid groups (broad SMARTS) is 1. The molecule has 5 nitrogen and oxygen atoms in total. The van der Waals surface area contributed by atoms with Gasteiger partial charge in [0, 0.05) is 5.92 Å². The van der Waals surface area contributed by atoms with E-state index in [4.69, 9.17) is 9.84 Å². The van der Waals surface area contributed by atoms with Crippen LogP contribution in [0.25, 0.3) is 0 Å². The Balaban J connectivity index is 1.68. The van der Waals surface area contributed by atoms with Gasteiger partial charge in [-0.05, 0) is 31.4 Å². The minimum absolute atomic E-state index is 0.0578. The van der Waals surface area contributed by atoms with Crippen molar-refractivity contribution in [2.75, 3.05) is 13.2 Å². The van der Waals surface area contributed by atoms with Gasteiger partial charge in [-0.3, -0.25) is 9.59 Å². The fraction of sp³-hybridized carbons (Fsp3) is 0.500. The molecule has 0 heterocycles.